The molecule has 3 aromatic rings. The van der Waals surface area contributed by atoms with E-state index >= 15 is 0 Å². The fourth-order valence-corrected chi connectivity index (χ4v) is 4.21. The van der Waals surface area contributed by atoms with Crippen molar-refractivity contribution in [3.63, 3.8) is 0 Å². The third-order valence-corrected chi connectivity index (χ3v) is 5.92. The van der Waals surface area contributed by atoms with Gasteiger partial charge < -0.3 is 19.4 Å². The molecule has 1 unspecified atom stereocenters. The van der Waals surface area contributed by atoms with Crippen molar-refractivity contribution < 1.29 is 9.47 Å². The van der Waals surface area contributed by atoms with Gasteiger partial charge in [0, 0.05) is 50.5 Å². The lowest BCUT2D eigenvalue weighted by atomic mass is 10.1. The second kappa shape index (κ2) is 10.1. The van der Waals surface area contributed by atoms with Crippen LogP contribution in [0.2, 0.25) is 0 Å². The lowest BCUT2D eigenvalue weighted by molar-refractivity contribution is 0.144. The highest BCUT2D eigenvalue weighted by Crippen LogP contribution is 2.31. The highest BCUT2D eigenvalue weighted by Gasteiger charge is 2.26. The third kappa shape index (κ3) is 5.11. The minimum absolute atomic E-state index is 0. The molecule has 1 aliphatic heterocycles. The summed E-state index contributed by atoms with van der Waals surface area (Å²) in [5.41, 5.74) is 1.21. The van der Waals surface area contributed by atoms with E-state index in [1.165, 1.54) is 10.4 Å². The number of aryl methyl sites for hydroxylation is 1. The number of thiophene rings is 1. The van der Waals surface area contributed by atoms with Crippen molar-refractivity contribution in [3.8, 4) is 11.5 Å². The average molecular weight is 435 g/mol. The molecule has 2 aromatic heterocycles. The first-order chi connectivity index (χ1) is 13.7. The minimum Gasteiger partial charge on any atom is -0.493 e. The molecule has 156 valence electrons. The first kappa shape index (κ1) is 21.6. The number of benzene rings is 1. The van der Waals surface area contributed by atoms with E-state index in [1.807, 2.05) is 24.5 Å². The summed E-state index contributed by atoms with van der Waals surface area (Å²) in [6.45, 7) is 4.29. The summed E-state index contributed by atoms with van der Waals surface area (Å²) in [5.74, 6) is 2.65. The highest BCUT2D eigenvalue weighted by atomic mass is 35.5. The van der Waals surface area contributed by atoms with Gasteiger partial charge in [0.05, 0.1) is 13.2 Å². The van der Waals surface area contributed by atoms with Gasteiger partial charge in [-0.1, -0.05) is 12.1 Å². The molecule has 1 atom stereocenters. The molecular weight excluding hydrogens is 408 g/mol. The van der Waals surface area contributed by atoms with Gasteiger partial charge in [-0.2, -0.15) is 0 Å². The van der Waals surface area contributed by atoms with Crippen molar-refractivity contribution in [3.05, 3.63) is 64.4 Å². The first-order valence-electron chi connectivity index (χ1n) is 9.48. The Morgan fingerprint density at radius 3 is 2.90 bits per heavy atom. The van der Waals surface area contributed by atoms with Gasteiger partial charge in [-0.15, -0.1) is 23.7 Å². The fourth-order valence-electron chi connectivity index (χ4n) is 3.60. The quantitative estimate of drug-likeness (QED) is 0.615. The van der Waals surface area contributed by atoms with E-state index in [1.54, 1.807) is 18.4 Å². The van der Waals surface area contributed by atoms with Crippen LogP contribution in [-0.4, -0.2) is 41.2 Å². The topological polar surface area (TPSA) is 51.5 Å². The summed E-state index contributed by atoms with van der Waals surface area (Å²) < 4.78 is 13.7. The van der Waals surface area contributed by atoms with Gasteiger partial charge in [-0.05, 0) is 29.1 Å². The van der Waals surface area contributed by atoms with Crippen LogP contribution in [0.5, 0.6) is 11.5 Å². The van der Waals surface area contributed by atoms with Crippen molar-refractivity contribution >= 4 is 23.7 Å². The number of aromatic nitrogens is 2. The molecular formula is C21H27ClN4O2S. The summed E-state index contributed by atoms with van der Waals surface area (Å²) in [5, 5.41) is 5.55. The summed E-state index contributed by atoms with van der Waals surface area (Å²) in [6, 6.07) is 10.6. The van der Waals surface area contributed by atoms with Crippen LogP contribution in [0.15, 0.2) is 48.1 Å². The van der Waals surface area contributed by atoms with Gasteiger partial charge in [0.25, 0.3) is 0 Å². The Kier molecular flexibility index (Phi) is 7.55. The molecule has 8 heteroatoms. The number of nitrogens with one attached hydrogen (secondary N) is 1. The summed E-state index contributed by atoms with van der Waals surface area (Å²) >= 11 is 1.70. The van der Waals surface area contributed by atoms with E-state index in [-0.39, 0.29) is 18.4 Å². The van der Waals surface area contributed by atoms with E-state index in [2.05, 4.69) is 50.4 Å². The van der Waals surface area contributed by atoms with Crippen LogP contribution in [-0.2, 0) is 20.2 Å². The van der Waals surface area contributed by atoms with E-state index in [4.69, 9.17) is 9.47 Å². The number of imidazole rings is 1. The predicted octanol–water partition coefficient (Wildman–Crippen LogP) is 3.64. The highest BCUT2D eigenvalue weighted by molar-refractivity contribution is 7.09. The minimum atomic E-state index is 0. The molecule has 6 nitrogen and oxygen atoms in total. The second-order valence-corrected chi connectivity index (χ2v) is 7.97. The Hall–Kier alpha value is -2.06. The normalized spacial score (nSPS) is 17.0. The molecule has 0 radical (unpaired) electrons. The number of hydrogen-bond donors (Lipinski definition) is 1. The van der Waals surface area contributed by atoms with Crippen molar-refractivity contribution in [2.45, 2.75) is 19.2 Å². The number of nitrogens with zero attached hydrogens (tertiary/aromatic N) is 3. The monoisotopic (exact) mass is 434 g/mol. The van der Waals surface area contributed by atoms with Crippen molar-refractivity contribution in [1.29, 1.82) is 0 Å². The van der Waals surface area contributed by atoms with Gasteiger partial charge >= 0.3 is 0 Å². The third-order valence-electron chi connectivity index (χ3n) is 5.07. The average Bonchev–Trinajstić information content (AvgIpc) is 3.39. The number of methoxy groups -OCH3 is 1. The lowest BCUT2D eigenvalue weighted by Gasteiger charge is -2.35. The second-order valence-electron chi connectivity index (χ2n) is 6.94. The number of piperazine rings is 1. The molecule has 29 heavy (non-hydrogen) atoms. The molecule has 4 rings (SSSR count). The first-order valence-corrected chi connectivity index (χ1v) is 10.4. The van der Waals surface area contributed by atoms with Crippen LogP contribution < -0.4 is 14.8 Å². The summed E-state index contributed by atoms with van der Waals surface area (Å²) in [6.07, 6.45) is 3.87. The molecule has 0 saturated carbocycles. The predicted molar refractivity (Wildman–Crippen MR) is 118 cm³/mol. The Bertz CT molecular complexity index is 900. The van der Waals surface area contributed by atoms with Gasteiger partial charge in [0.1, 0.15) is 12.4 Å². The maximum atomic E-state index is 5.96. The maximum Gasteiger partial charge on any atom is 0.161 e. The molecule has 0 amide bonds. The van der Waals surface area contributed by atoms with Gasteiger partial charge in [-0.3, -0.25) is 4.90 Å². The Balaban J connectivity index is 0.00000240. The van der Waals surface area contributed by atoms with Crippen LogP contribution in [0.1, 0.15) is 22.3 Å². The van der Waals surface area contributed by atoms with Crippen LogP contribution in [0.3, 0.4) is 0 Å². The molecule has 0 spiro atoms. The number of halogens is 1. The van der Waals surface area contributed by atoms with Crippen LogP contribution in [0, 0.1) is 0 Å². The number of rotatable bonds is 7. The largest absolute Gasteiger partial charge is 0.493 e. The molecule has 1 fully saturated rings. The van der Waals surface area contributed by atoms with Gasteiger partial charge in [0.2, 0.25) is 0 Å². The number of ether oxygens (including phenoxy) is 2. The fraction of sp³-hybridized carbons (Fsp3) is 0.381. The zero-order valence-corrected chi connectivity index (χ0v) is 18.3. The van der Waals surface area contributed by atoms with E-state index in [0.717, 1.165) is 43.5 Å². The Morgan fingerprint density at radius 1 is 1.28 bits per heavy atom. The Morgan fingerprint density at radius 2 is 2.17 bits per heavy atom. The zero-order chi connectivity index (χ0) is 19.3. The smallest absolute Gasteiger partial charge is 0.161 e. The van der Waals surface area contributed by atoms with Gasteiger partial charge in [0.15, 0.2) is 11.5 Å². The molecule has 0 bridgehead atoms. The van der Waals surface area contributed by atoms with Crippen LogP contribution in [0.4, 0.5) is 0 Å². The molecule has 0 aliphatic carbocycles. The van der Waals surface area contributed by atoms with Crippen molar-refractivity contribution in [2.24, 2.45) is 7.05 Å². The number of hydrogen-bond acceptors (Lipinski definition) is 6. The van der Waals surface area contributed by atoms with Gasteiger partial charge in [-0.25, -0.2) is 4.98 Å². The molecule has 1 aliphatic rings. The standard InChI is InChI=1S/C21H26N4O2S.ClH/c1-24-9-8-23-21(24)18-13-22-7-10-25(18)14-16-5-6-19(20(12-16)26-2)27-15-17-4-3-11-28-17;/h3-6,8-9,11-12,18,22H,7,10,13-15H2,1-2H3;1H. The van der Waals surface area contributed by atoms with Crippen LogP contribution in [0.25, 0.3) is 0 Å². The van der Waals surface area contributed by atoms with E-state index in [0.29, 0.717) is 6.61 Å². The van der Waals surface area contributed by atoms with Crippen LogP contribution >= 0.6 is 23.7 Å². The van der Waals surface area contributed by atoms with E-state index in [9.17, 15) is 0 Å². The molecule has 1 N–H and O–H groups in total. The van der Waals surface area contributed by atoms with Crippen molar-refractivity contribution in [1.82, 2.24) is 19.8 Å². The zero-order valence-electron chi connectivity index (χ0n) is 16.7. The SMILES string of the molecule is COc1cc(CN2CCNCC2c2nccn2C)ccc1OCc1cccs1.Cl. The molecule has 3 heterocycles. The molecule has 1 saturated heterocycles. The summed E-state index contributed by atoms with van der Waals surface area (Å²) in [7, 11) is 3.75. The van der Waals surface area contributed by atoms with E-state index < -0.39 is 0 Å². The molecule has 1 aromatic carbocycles. The van der Waals surface area contributed by atoms with Crippen molar-refractivity contribution in [2.75, 3.05) is 26.7 Å². The summed E-state index contributed by atoms with van der Waals surface area (Å²) in [4.78, 5) is 8.24. The Labute approximate surface area is 181 Å². The maximum absolute atomic E-state index is 5.96. The lowest BCUT2D eigenvalue weighted by Crippen LogP contribution is -2.46.